The molecule has 6 heteroatoms. The highest BCUT2D eigenvalue weighted by Crippen LogP contribution is 2.27. The van der Waals surface area contributed by atoms with Crippen molar-refractivity contribution in [3.63, 3.8) is 0 Å². The predicted octanol–water partition coefficient (Wildman–Crippen LogP) is 2.86. The zero-order chi connectivity index (χ0) is 14.3. The maximum absolute atomic E-state index is 13.5. The predicted molar refractivity (Wildman–Crippen MR) is 82.0 cm³/mol. The number of fused-ring (bicyclic) bond motifs is 1. The van der Waals surface area contributed by atoms with E-state index in [-0.39, 0.29) is 5.82 Å². The van der Waals surface area contributed by atoms with Gasteiger partial charge in [-0.15, -0.1) is 0 Å². The fourth-order valence-corrected chi connectivity index (χ4v) is 3.27. The van der Waals surface area contributed by atoms with E-state index in [2.05, 4.69) is 32.7 Å². The molecule has 1 aromatic heterocycles. The Morgan fingerprint density at radius 3 is 3.00 bits per heavy atom. The molecule has 2 N–H and O–H groups in total. The van der Waals surface area contributed by atoms with Gasteiger partial charge >= 0.3 is 0 Å². The van der Waals surface area contributed by atoms with Gasteiger partial charge in [-0.2, -0.15) is 0 Å². The van der Waals surface area contributed by atoms with Crippen molar-refractivity contribution in [2.75, 3.05) is 25.4 Å². The van der Waals surface area contributed by atoms with E-state index in [0.29, 0.717) is 21.9 Å². The molecule has 0 amide bonds. The third-order valence-corrected chi connectivity index (χ3v) is 4.69. The molecule has 0 spiro atoms. The van der Waals surface area contributed by atoms with Crippen LogP contribution in [0.3, 0.4) is 0 Å². The first-order valence-electron chi connectivity index (χ1n) is 6.91. The Labute approximate surface area is 125 Å². The summed E-state index contributed by atoms with van der Waals surface area (Å²) in [7, 11) is 0. The third kappa shape index (κ3) is 2.42. The maximum Gasteiger partial charge on any atom is 0.201 e. The number of nitrogens with two attached hydrogens (primary N) is 1. The fourth-order valence-electron chi connectivity index (χ4n) is 2.94. The summed E-state index contributed by atoms with van der Waals surface area (Å²) in [6, 6.07) is 3.19. The lowest BCUT2D eigenvalue weighted by Crippen LogP contribution is -2.21. The zero-order valence-corrected chi connectivity index (χ0v) is 13.0. The van der Waals surface area contributed by atoms with Gasteiger partial charge < -0.3 is 15.2 Å². The number of anilines is 1. The zero-order valence-electron chi connectivity index (χ0n) is 11.4. The molecule has 0 bridgehead atoms. The molecule has 3 rings (SSSR count). The van der Waals surface area contributed by atoms with Gasteiger partial charge in [0.1, 0.15) is 5.82 Å². The van der Waals surface area contributed by atoms with Gasteiger partial charge in [0, 0.05) is 19.2 Å². The molecular weight excluding hydrogens is 323 g/mol. The summed E-state index contributed by atoms with van der Waals surface area (Å²) in [6.45, 7) is 6.36. The average Bonchev–Trinajstić information content (AvgIpc) is 2.98. The van der Waals surface area contributed by atoms with Crippen molar-refractivity contribution in [1.29, 1.82) is 0 Å². The second-order valence-electron chi connectivity index (χ2n) is 5.38. The van der Waals surface area contributed by atoms with Crippen molar-refractivity contribution in [1.82, 2.24) is 14.5 Å². The van der Waals surface area contributed by atoms with Crippen molar-refractivity contribution >= 4 is 32.9 Å². The second kappa shape index (κ2) is 5.33. The van der Waals surface area contributed by atoms with Crippen LogP contribution in [0.25, 0.3) is 11.0 Å². The minimum Gasteiger partial charge on any atom is -0.369 e. The lowest BCUT2D eigenvalue weighted by molar-refractivity contribution is 0.334. The smallest absolute Gasteiger partial charge is 0.201 e. The van der Waals surface area contributed by atoms with E-state index < -0.39 is 0 Å². The normalized spacial score (nSPS) is 20.1. The second-order valence-corrected chi connectivity index (χ2v) is 6.24. The van der Waals surface area contributed by atoms with Gasteiger partial charge in [0.05, 0.1) is 15.5 Å². The van der Waals surface area contributed by atoms with Crippen LogP contribution in [0.1, 0.15) is 13.3 Å². The highest BCUT2D eigenvalue weighted by molar-refractivity contribution is 9.10. The number of halogens is 2. The average molecular weight is 341 g/mol. The number of benzene rings is 1. The lowest BCUT2D eigenvalue weighted by Gasteiger charge is -2.15. The summed E-state index contributed by atoms with van der Waals surface area (Å²) >= 11 is 3.23. The third-order valence-electron chi connectivity index (χ3n) is 4.08. The Morgan fingerprint density at radius 1 is 1.50 bits per heavy atom. The summed E-state index contributed by atoms with van der Waals surface area (Å²) in [5.74, 6) is 0.742. The van der Waals surface area contributed by atoms with Crippen LogP contribution in [-0.2, 0) is 6.54 Å². The van der Waals surface area contributed by atoms with Gasteiger partial charge in [0.15, 0.2) is 0 Å². The van der Waals surface area contributed by atoms with Crippen molar-refractivity contribution in [2.24, 2.45) is 5.92 Å². The molecule has 0 saturated carbocycles. The van der Waals surface area contributed by atoms with Gasteiger partial charge in [-0.3, -0.25) is 0 Å². The van der Waals surface area contributed by atoms with Crippen LogP contribution in [0, 0.1) is 11.7 Å². The number of hydrogen-bond donors (Lipinski definition) is 1. The first-order chi connectivity index (χ1) is 9.58. The van der Waals surface area contributed by atoms with Crippen LogP contribution in [0.5, 0.6) is 0 Å². The highest BCUT2D eigenvalue weighted by atomic mass is 79.9. The minimum absolute atomic E-state index is 0.305. The quantitative estimate of drug-likeness (QED) is 0.934. The van der Waals surface area contributed by atoms with Gasteiger partial charge in [0.2, 0.25) is 5.95 Å². The van der Waals surface area contributed by atoms with Gasteiger partial charge in [-0.1, -0.05) is 6.92 Å². The fraction of sp³-hybridized carbons (Fsp3) is 0.500. The maximum atomic E-state index is 13.5. The molecule has 0 radical (unpaired) electrons. The van der Waals surface area contributed by atoms with E-state index in [9.17, 15) is 4.39 Å². The minimum atomic E-state index is -0.305. The Kier molecular flexibility index (Phi) is 3.69. The van der Waals surface area contributed by atoms with E-state index in [0.717, 1.165) is 31.7 Å². The summed E-state index contributed by atoms with van der Waals surface area (Å²) in [6.07, 6.45) is 1.18. The number of hydrogen-bond acceptors (Lipinski definition) is 3. The molecule has 4 nitrogen and oxygen atoms in total. The van der Waals surface area contributed by atoms with E-state index in [1.54, 1.807) is 6.07 Å². The van der Waals surface area contributed by atoms with E-state index in [4.69, 9.17) is 5.73 Å². The molecule has 1 fully saturated rings. The van der Waals surface area contributed by atoms with Crippen molar-refractivity contribution in [3.8, 4) is 0 Å². The molecular formula is C14H18BrFN4. The Hall–Kier alpha value is -1.14. The van der Waals surface area contributed by atoms with Crippen molar-refractivity contribution in [3.05, 3.63) is 22.4 Å². The molecule has 1 aliphatic rings. The standard InChI is InChI=1S/C14H18BrFN4/c1-2-19-4-3-9(7-19)8-20-13-5-10(15)11(16)6-12(13)18-14(20)17/h5-6,9H,2-4,7-8H2,1H3,(H2,17,18). The molecule has 108 valence electrons. The number of aromatic nitrogens is 2. The topological polar surface area (TPSA) is 47.1 Å². The van der Waals surface area contributed by atoms with Crippen molar-refractivity contribution in [2.45, 2.75) is 19.9 Å². The van der Waals surface area contributed by atoms with E-state index in [1.165, 1.54) is 12.5 Å². The number of imidazole rings is 1. The van der Waals surface area contributed by atoms with Crippen molar-refractivity contribution < 1.29 is 4.39 Å². The number of rotatable bonds is 3. The Morgan fingerprint density at radius 2 is 2.30 bits per heavy atom. The van der Waals surface area contributed by atoms with Crippen LogP contribution in [0.15, 0.2) is 16.6 Å². The SMILES string of the molecule is CCN1CCC(Cn2c(N)nc3cc(F)c(Br)cc32)C1. The first kappa shape index (κ1) is 13.8. The molecule has 1 aromatic carbocycles. The molecule has 1 atom stereocenters. The lowest BCUT2D eigenvalue weighted by atomic mass is 10.1. The summed E-state index contributed by atoms with van der Waals surface area (Å²) in [5.41, 5.74) is 7.51. The molecule has 2 heterocycles. The summed E-state index contributed by atoms with van der Waals surface area (Å²) in [5, 5.41) is 0. The Balaban J connectivity index is 1.91. The number of nitrogens with zero attached hydrogens (tertiary/aromatic N) is 3. The number of likely N-dealkylation sites (tertiary alicyclic amines) is 1. The van der Waals surface area contributed by atoms with Gasteiger partial charge in [-0.25, -0.2) is 9.37 Å². The van der Waals surface area contributed by atoms with Crippen LogP contribution in [-0.4, -0.2) is 34.1 Å². The molecule has 2 aromatic rings. The summed E-state index contributed by atoms with van der Waals surface area (Å²) < 4.78 is 16.0. The molecule has 1 unspecified atom stereocenters. The molecule has 0 aliphatic carbocycles. The van der Waals surface area contributed by atoms with Crippen LogP contribution < -0.4 is 5.73 Å². The van der Waals surface area contributed by atoms with Gasteiger partial charge in [0.25, 0.3) is 0 Å². The van der Waals surface area contributed by atoms with Crippen LogP contribution in [0.4, 0.5) is 10.3 Å². The molecule has 20 heavy (non-hydrogen) atoms. The summed E-state index contributed by atoms with van der Waals surface area (Å²) in [4.78, 5) is 6.70. The Bertz CT molecular complexity index is 640. The first-order valence-corrected chi connectivity index (χ1v) is 7.71. The molecule has 1 saturated heterocycles. The largest absolute Gasteiger partial charge is 0.369 e. The van der Waals surface area contributed by atoms with Crippen LogP contribution >= 0.6 is 15.9 Å². The van der Waals surface area contributed by atoms with E-state index >= 15 is 0 Å². The van der Waals surface area contributed by atoms with Gasteiger partial charge in [-0.05, 0) is 47.4 Å². The van der Waals surface area contributed by atoms with Crippen LogP contribution in [0.2, 0.25) is 0 Å². The van der Waals surface area contributed by atoms with E-state index in [1.807, 2.05) is 4.57 Å². The number of nitrogen functional groups attached to an aromatic ring is 1. The molecule has 1 aliphatic heterocycles. The highest BCUT2D eigenvalue weighted by Gasteiger charge is 2.23. The monoisotopic (exact) mass is 340 g/mol.